The second kappa shape index (κ2) is 8.42. The SMILES string of the molecule is CN(C)c1cccc(-c2oc(-c3ccc(C(C)(C)C)cc3)nc2C(=O)N2CCSC2)c1. The number of anilines is 1. The van der Waals surface area contributed by atoms with Gasteiger partial charge in [-0.2, -0.15) is 0 Å². The lowest BCUT2D eigenvalue weighted by atomic mass is 9.87. The van der Waals surface area contributed by atoms with Crippen molar-refractivity contribution in [3.05, 3.63) is 59.8 Å². The van der Waals surface area contributed by atoms with Gasteiger partial charge in [0.05, 0.1) is 5.88 Å². The molecule has 1 aliphatic heterocycles. The molecule has 4 rings (SSSR count). The summed E-state index contributed by atoms with van der Waals surface area (Å²) in [6.45, 7) is 7.30. The predicted octanol–water partition coefficient (Wildman–Crippen LogP) is 5.52. The van der Waals surface area contributed by atoms with Crippen molar-refractivity contribution in [2.75, 3.05) is 37.2 Å². The van der Waals surface area contributed by atoms with E-state index in [9.17, 15) is 4.79 Å². The van der Waals surface area contributed by atoms with E-state index in [0.717, 1.165) is 29.1 Å². The number of hydrogen-bond acceptors (Lipinski definition) is 5. The molecule has 0 bridgehead atoms. The van der Waals surface area contributed by atoms with Crippen molar-refractivity contribution in [1.29, 1.82) is 0 Å². The summed E-state index contributed by atoms with van der Waals surface area (Å²) >= 11 is 1.76. The van der Waals surface area contributed by atoms with E-state index in [0.29, 0.717) is 23.2 Å². The number of oxazole rings is 1. The highest BCUT2D eigenvalue weighted by molar-refractivity contribution is 7.99. The average Bonchev–Trinajstić information content (AvgIpc) is 3.43. The quantitative estimate of drug-likeness (QED) is 0.540. The van der Waals surface area contributed by atoms with Crippen LogP contribution in [0, 0.1) is 0 Å². The molecular formula is C25H29N3O2S. The van der Waals surface area contributed by atoms with Crippen LogP contribution in [0.4, 0.5) is 5.69 Å². The fourth-order valence-electron chi connectivity index (χ4n) is 3.55. The molecule has 0 atom stereocenters. The molecule has 31 heavy (non-hydrogen) atoms. The smallest absolute Gasteiger partial charge is 0.277 e. The van der Waals surface area contributed by atoms with Crippen molar-refractivity contribution < 1.29 is 9.21 Å². The van der Waals surface area contributed by atoms with Gasteiger partial charge in [0.15, 0.2) is 11.5 Å². The highest BCUT2D eigenvalue weighted by Crippen LogP contribution is 2.34. The molecule has 2 heterocycles. The number of benzene rings is 2. The summed E-state index contributed by atoms with van der Waals surface area (Å²) in [4.78, 5) is 21.8. The van der Waals surface area contributed by atoms with Crippen LogP contribution in [0.1, 0.15) is 36.8 Å². The Morgan fingerprint density at radius 3 is 2.45 bits per heavy atom. The van der Waals surface area contributed by atoms with Gasteiger partial charge in [-0.1, -0.05) is 45.0 Å². The van der Waals surface area contributed by atoms with Gasteiger partial charge in [0.2, 0.25) is 5.89 Å². The number of hydrogen-bond donors (Lipinski definition) is 0. The number of nitrogens with zero attached hydrogens (tertiary/aromatic N) is 3. The van der Waals surface area contributed by atoms with Crippen molar-refractivity contribution in [3.63, 3.8) is 0 Å². The van der Waals surface area contributed by atoms with Gasteiger partial charge in [-0.25, -0.2) is 4.98 Å². The minimum Gasteiger partial charge on any atom is -0.435 e. The van der Waals surface area contributed by atoms with Crippen LogP contribution in [0.5, 0.6) is 0 Å². The summed E-state index contributed by atoms with van der Waals surface area (Å²) in [5, 5.41) is 0. The number of aromatic nitrogens is 1. The minimum atomic E-state index is -0.0726. The molecule has 0 unspecified atom stereocenters. The fourth-order valence-corrected chi connectivity index (χ4v) is 4.49. The summed E-state index contributed by atoms with van der Waals surface area (Å²) in [5.74, 6) is 2.58. The largest absolute Gasteiger partial charge is 0.435 e. The molecule has 0 saturated carbocycles. The van der Waals surface area contributed by atoms with Crippen LogP contribution in [0.15, 0.2) is 52.9 Å². The van der Waals surface area contributed by atoms with Crippen LogP contribution < -0.4 is 4.90 Å². The maximum atomic E-state index is 13.3. The molecule has 6 heteroatoms. The first kappa shape index (κ1) is 21.5. The van der Waals surface area contributed by atoms with Gasteiger partial charge in [0.1, 0.15) is 0 Å². The molecule has 2 aromatic carbocycles. The number of thioether (sulfide) groups is 1. The van der Waals surface area contributed by atoms with Gasteiger partial charge in [-0.15, -0.1) is 11.8 Å². The van der Waals surface area contributed by atoms with E-state index in [4.69, 9.17) is 4.42 Å². The van der Waals surface area contributed by atoms with Gasteiger partial charge < -0.3 is 14.2 Å². The summed E-state index contributed by atoms with van der Waals surface area (Å²) in [6, 6.07) is 16.3. The van der Waals surface area contributed by atoms with Crippen molar-refractivity contribution in [2.45, 2.75) is 26.2 Å². The third-order valence-electron chi connectivity index (χ3n) is 5.49. The van der Waals surface area contributed by atoms with Crippen LogP contribution in [0.3, 0.4) is 0 Å². The summed E-state index contributed by atoms with van der Waals surface area (Å²) in [5.41, 5.74) is 4.46. The third kappa shape index (κ3) is 4.49. The average molecular weight is 436 g/mol. The van der Waals surface area contributed by atoms with E-state index in [2.05, 4.69) is 37.9 Å². The summed E-state index contributed by atoms with van der Waals surface area (Å²) in [7, 11) is 3.99. The lowest BCUT2D eigenvalue weighted by Crippen LogP contribution is -2.28. The Morgan fingerprint density at radius 2 is 1.84 bits per heavy atom. The molecule has 162 valence electrons. The topological polar surface area (TPSA) is 49.6 Å². The molecule has 1 aliphatic rings. The number of carbonyl (C=O) groups is 1. The molecule has 1 amide bonds. The number of rotatable bonds is 4. The van der Waals surface area contributed by atoms with Crippen LogP contribution in [0.25, 0.3) is 22.8 Å². The standard InChI is InChI=1S/C25H29N3O2S/c1-25(2,3)19-11-9-17(10-12-19)23-26-21(24(29)28-13-14-31-16-28)22(30-23)18-7-6-8-20(15-18)27(4)5/h6-12,15H,13-14,16H2,1-5H3. The fraction of sp³-hybridized carbons (Fsp3) is 0.360. The molecule has 0 aliphatic carbocycles. The molecule has 5 nitrogen and oxygen atoms in total. The summed E-state index contributed by atoms with van der Waals surface area (Å²) in [6.07, 6.45) is 0. The zero-order valence-electron chi connectivity index (χ0n) is 18.8. The Balaban J connectivity index is 1.78. The second-order valence-electron chi connectivity index (χ2n) is 9.07. The Labute approximate surface area is 188 Å². The maximum absolute atomic E-state index is 13.3. The van der Waals surface area contributed by atoms with Crippen molar-refractivity contribution in [1.82, 2.24) is 9.88 Å². The van der Waals surface area contributed by atoms with E-state index in [1.807, 2.05) is 60.3 Å². The first-order valence-corrected chi connectivity index (χ1v) is 11.7. The van der Waals surface area contributed by atoms with E-state index < -0.39 is 0 Å². The predicted molar refractivity (Wildman–Crippen MR) is 129 cm³/mol. The van der Waals surface area contributed by atoms with Crippen molar-refractivity contribution >= 4 is 23.4 Å². The molecule has 1 fully saturated rings. The molecule has 1 saturated heterocycles. The lowest BCUT2D eigenvalue weighted by Gasteiger charge is -2.18. The number of amides is 1. The third-order valence-corrected chi connectivity index (χ3v) is 6.46. The normalized spacial score (nSPS) is 14.2. The van der Waals surface area contributed by atoms with Gasteiger partial charge in [0.25, 0.3) is 5.91 Å². The zero-order valence-corrected chi connectivity index (χ0v) is 19.6. The molecule has 0 N–H and O–H groups in total. The van der Waals surface area contributed by atoms with Crippen LogP contribution >= 0.6 is 11.8 Å². The lowest BCUT2D eigenvalue weighted by molar-refractivity contribution is 0.0798. The van der Waals surface area contributed by atoms with E-state index in [1.165, 1.54) is 5.56 Å². The molecule has 0 radical (unpaired) electrons. The Morgan fingerprint density at radius 1 is 1.10 bits per heavy atom. The van der Waals surface area contributed by atoms with Crippen LogP contribution in [-0.4, -0.2) is 48.1 Å². The van der Waals surface area contributed by atoms with Gasteiger partial charge in [-0.3, -0.25) is 4.79 Å². The highest BCUT2D eigenvalue weighted by Gasteiger charge is 2.28. The van der Waals surface area contributed by atoms with Gasteiger partial charge in [0, 0.05) is 43.2 Å². The first-order valence-electron chi connectivity index (χ1n) is 10.5. The molecule has 0 spiro atoms. The highest BCUT2D eigenvalue weighted by atomic mass is 32.2. The van der Waals surface area contributed by atoms with Crippen molar-refractivity contribution in [3.8, 4) is 22.8 Å². The Bertz CT molecular complexity index is 1070. The molecular weight excluding hydrogens is 406 g/mol. The Kier molecular flexibility index (Phi) is 5.84. The first-order chi connectivity index (χ1) is 14.7. The Hall–Kier alpha value is -2.73. The summed E-state index contributed by atoms with van der Waals surface area (Å²) < 4.78 is 6.24. The maximum Gasteiger partial charge on any atom is 0.277 e. The minimum absolute atomic E-state index is 0.0709. The van der Waals surface area contributed by atoms with E-state index >= 15 is 0 Å². The van der Waals surface area contributed by atoms with E-state index in [1.54, 1.807) is 11.8 Å². The van der Waals surface area contributed by atoms with Crippen LogP contribution in [0.2, 0.25) is 0 Å². The van der Waals surface area contributed by atoms with Crippen LogP contribution in [-0.2, 0) is 5.41 Å². The second-order valence-corrected chi connectivity index (χ2v) is 10.1. The van der Waals surface area contributed by atoms with E-state index in [-0.39, 0.29) is 11.3 Å². The van der Waals surface area contributed by atoms with Gasteiger partial charge in [-0.05, 0) is 35.2 Å². The molecule has 3 aromatic rings. The monoisotopic (exact) mass is 435 g/mol. The number of carbonyl (C=O) groups excluding carboxylic acids is 1. The molecule has 1 aromatic heterocycles. The van der Waals surface area contributed by atoms with Gasteiger partial charge >= 0.3 is 0 Å². The van der Waals surface area contributed by atoms with Crippen molar-refractivity contribution in [2.24, 2.45) is 0 Å². The zero-order chi connectivity index (χ0) is 22.2.